The molecule has 0 saturated carbocycles. The molecule has 1 N–H and O–H groups in total. The highest BCUT2D eigenvalue weighted by atomic mass is 35.5. The molecule has 0 aliphatic rings. The summed E-state index contributed by atoms with van der Waals surface area (Å²) in [6, 6.07) is 6.98. The molecule has 2 amide bonds. The highest BCUT2D eigenvalue weighted by molar-refractivity contribution is 6.33. The number of benzene rings is 1. The topological polar surface area (TPSA) is 112 Å². The van der Waals surface area contributed by atoms with Crippen LogP contribution in [-0.4, -0.2) is 47.9 Å². The molecule has 1 aromatic carbocycles. The van der Waals surface area contributed by atoms with Gasteiger partial charge in [-0.2, -0.15) is 5.26 Å². The summed E-state index contributed by atoms with van der Waals surface area (Å²) in [6.45, 7) is 3.84. The van der Waals surface area contributed by atoms with Crippen molar-refractivity contribution in [2.45, 2.75) is 26.3 Å². The lowest BCUT2D eigenvalue weighted by Crippen LogP contribution is -2.46. The molecule has 0 bridgehead atoms. The Morgan fingerprint density at radius 3 is 2.45 bits per heavy atom. The van der Waals surface area contributed by atoms with Crippen molar-refractivity contribution >= 4 is 29.4 Å². The molecular formula is C22H23ClN4O4. The Kier molecular flexibility index (Phi) is 8.11. The zero-order valence-electron chi connectivity index (χ0n) is 17.7. The summed E-state index contributed by atoms with van der Waals surface area (Å²) in [4.78, 5) is 42.0. The van der Waals surface area contributed by atoms with Gasteiger partial charge in [0, 0.05) is 18.8 Å². The van der Waals surface area contributed by atoms with Crippen molar-refractivity contribution in [3.05, 3.63) is 52.7 Å². The van der Waals surface area contributed by atoms with E-state index in [4.69, 9.17) is 21.6 Å². The Morgan fingerprint density at radius 1 is 1.23 bits per heavy atom. The Balaban J connectivity index is 2.24. The second-order valence-corrected chi connectivity index (χ2v) is 7.68. The number of nitrogens with zero attached hydrogens (tertiary/aromatic N) is 3. The van der Waals surface area contributed by atoms with Crippen LogP contribution < -0.4 is 5.32 Å². The molecule has 31 heavy (non-hydrogen) atoms. The number of aromatic nitrogens is 1. The standard InChI is InChI=1S/C22H23ClN4O4/c1-13(2)9-19(21(29)27(3)12-24)26-20(28)15-6-8-18(25-11-15)16-10-14(22(30)31-4)5-7-17(16)23/h5-8,10-11,13,19H,9H2,1-4H3,(H,26,28). The van der Waals surface area contributed by atoms with Crippen molar-refractivity contribution in [1.82, 2.24) is 15.2 Å². The summed E-state index contributed by atoms with van der Waals surface area (Å²) in [7, 11) is 2.64. The molecular weight excluding hydrogens is 420 g/mol. The number of ether oxygens (including phenoxy) is 1. The fraction of sp³-hybridized carbons (Fsp3) is 0.318. The lowest BCUT2D eigenvalue weighted by atomic mass is 10.0. The van der Waals surface area contributed by atoms with Gasteiger partial charge in [-0.1, -0.05) is 25.4 Å². The summed E-state index contributed by atoms with van der Waals surface area (Å²) in [6.07, 6.45) is 3.50. The van der Waals surface area contributed by atoms with E-state index in [1.807, 2.05) is 13.8 Å². The van der Waals surface area contributed by atoms with E-state index in [9.17, 15) is 14.4 Å². The number of amides is 2. The first-order valence-electron chi connectivity index (χ1n) is 9.50. The molecule has 2 aromatic rings. The van der Waals surface area contributed by atoms with Gasteiger partial charge in [-0.05, 0) is 42.7 Å². The van der Waals surface area contributed by atoms with Crippen LogP contribution in [-0.2, 0) is 9.53 Å². The first-order chi connectivity index (χ1) is 14.7. The molecule has 1 unspecified atom stereocenters. The predicted molar refractivity (Wildman–Crippen MR) is 115 cm³/mol. The van der Waals surface area contributed by atoms with E-state index in [1.165, 1.54) is 20.4 Å². The molecule has 9 heteroatoms. The molecule has 0 radical (unpaired) electrons. The Bertz CT molecular complexity index is 1020. The first-order valence-corrected chi connectivity index (χ1v) is 9.88. The Hall–Kier alpha value is -3.44. The van der Waals surface area contributed by atoms with E-state index < -0.39 is 23.8 Å². The average Bonchev–Trinajstić information content (AvgIpc) is 2.77. The molecule has 0 aliphatic heterocycles. The zero-order valence-corrected chi connectivity index (χ0v) is 18.4. The maximum Gasteiger partial charge on any atom is 0.337 e. The van der Waals surface area contributed by atoms with Gasteiger partial charge in [0.15, 0.2) is 6.19 Å². The van der Waals surface area contributed by atoms with Gasteiger partial charge in [0.25, 0.3) is 11.8 Å². The SMILES string of the molecule is COC(=O)c1ccc(Cl)c(-c2ccc(C(=O)NC(CC(C)C)C(=O)N(C)C#N)cn2)c1. The van der Waals surface area contributed by atoms with Gasteiger partial charge in [-0.15, -0.1) is 0 Å². The number of nitrogens with one attached hydrogen (secondary N) is 1. The molecule has 0 aliphatic carbocycles. The van der Waals surface area contributed by atoms with Crippen LogP contribution in [0.5, 0.6) is 0 Å². The van der Waals surface area contributed by atoms with Gasteiger partial charge < -0.3 is 10.1 Å². The Morgan fingerprint density at radius 2 is 1.90 bits per heavy atom. The molecule has 1 atom stereocenters. The number of carbonyl (C=O) groups excluding carboxylic acids is 3. The van der Waals surface area contributed by atoms with Crippen molar-refractivity contribution in [2.24, 2.45) is 5.92 Å². The van der Waals surface area contributed by atoms with Crippen molar-refractivity contribution in [3.63, 3.8) is 0 Å². The summed E-state index contributed by atoms with van der Waals surface area (Å²) in [5.41, 5.74) is 1.54. The first kappa shape index (κ1) is 23.8. The fourth-order valence-electron chi connectivity index (χ4n) is 2.87. The number of methoxy groups -OCH3 is 1. The van der Waals surface area contributed by atoms with Crippen molar-refractivity contribution < 1.29 is 19.1 Å². The summed E-state index contributed by atoms with van der Waals surface area (Å²) < 4.78 is 4.72. The quantitative estimate of drug-likeness (QED) is 0.400. The number of likely N-dealkylation sites (N-methyl/N-ethyl adjacent to an activating group) is 1. The van der Waals surface area contributed by atoms with E-state index in [2.05, 4.69) is 10.3 Å². The summed E-state index contributed by atoms with van der Waals surface area (Å²) in [5, 5.41) is 12.0. The number of hydrogen-bond acceptors (Lipinski definition) is 6. The largest absolute Gasteiger partial charge is 0.465 e. The maximum atomic E-state index is 12.7. The van der Waals surface area contributed by atoms with Gasteiger partial charge in [0.05, 0.1) is 29.0 Å². The van der Waals surface area contributed by atoms with Gasteiger partial charge in [-0.25, -0.2) is 4.79 Å². The third-order valence-corrected chi connectivity index (χ3v) is 4.81. The van der Waals surface area contributed by atoms with E-state index >= 15 is 0 Å². The lowest BCUT2D eigenvalue weighted by Gasteiger charge is -2.21. The molecule has 1 aromatic heterocycles. The number of carbonyl (C=O) groups is 3. The second kappa shape index (κ2) is 10.5. The number of esters is 1. The van der Waals surface area contributed by atoms with E-state index in [0.29, 0.717) is 28.3 Å². The molecule has 0 fully saturated rings. The fourth-order valence-corrected chi connectivity index (χ4v) is 3.09. The van der Waals surface area contributed by atoms with Crippen LogP contribution in [0.1, 0.15) is 41.0 Å². The van der Waals surface area contributed by atoms with Gasteiger partial charge >= 0.3 is 5.97 Å². The minimum Gasteiger partial charge on any atom is -0.465 e. The van der Waals surface area contributed by atoms with Crippen molar-refractivity contribution in [2.75, 3.05) is 14.2 Å². The van der Waals surface area contributed by atoms with E-state index in [1.54, 1.807) is 36.5 Å². The number of pyridine rings is 1. The van der Waals surface area contributed by atoms with Crippen LogP contribution in [0, 0.1) is 17.4 Å². The van der Waals surface area contributed by atoms with E-state index in [0.717, 1.165) is 4.90 Å². The molecule has 0 spiro atoms. The van der Waals surface area contributed by atoms with Gasteiger partial charge in [0.2, 0.25) is 0 Å². The highest BCUT2D eigenvalue weighted by Crippen LogP contribution is 2.28. The molecule has 8 nitrogen and oxygen atoms in total. The predicted octanol–water partition coefficient (Wildman–Crippen LogP) is 3.27. The number of nitriles is 1. The summed E-state index contributed by atoms with van der Waals surface area (Å²) >= 11 is 6.24. The smallest absolute Gasteiger partial charge is 0.337 e. The van der Waals surface area contributed by atoms with Crippen molar-refractivity contribution in [1.29, 1.82) is 5.26 Å². The van der Waals surface area contributed by atoms with E-state index in [-0.39, 0.29) is 11.5 Å². The molecule has 0 saturated heterocycles. The molecule has 162 valence electrons. The van der Waals surface area contributed by atoms with Crippen LogP contribution in [0.2, 0.25) is 5.02 Å². The highest BCUT2D eigenvalue weighted by Gasteiger charge is 2.25. The van der Waals surface area contributed by atoms with Crippen LogP contribution in [0.15, 0.2) is 36.5 Å². The Labute approximate surface area is 185 Å². The van der Waals surface area contributed by atoms with Crippen LogP contribution in [0.4, 0.5) is 0 Å². The van der Waals surface area contributed by atoms with Crippen LogP contribution >= 0.6 is 11.6 Å². The normalized spacial score (nSPS) is 11.4. The van der Waals surface area contributed by atoms with Crippen molar-refractivity contribution in [3.8, 4) is 17.5 Å². The molecule has 2 rings (SSSR count). The maximum absolute atomic E-state index is 12.7. The lowest BCUT2D eigenvalue weighted by molar-refractivity contribution is -0.129. The second-order valence-electron chi connectivity index (χ2n) is 7.27. The zero-order chi connectivity index (χ0) is 23.1. The van der Waals surface area contributed by atoms with Crippen LogP contribution in [0.25, 0.3) is 11.3 Å². The van der Waals surface area contributed by atoms with Gasteiger partial charge in [-0.3, -0.25) is 19.5 Å². The van der Waals surface area contributed by atoms with Crippen LogP contribution in [0.3, 0.4) is 0 Å². The molecule has 1 heterocycles. The monoisotopic (exact) mass is 442 g/mol. The number of hydrogen-bond donors (Lipinski definition) is 1. The third kappa shape index (κ3) is 6.03. The summed E-state index contributed by atoms with van der Waals surface area (Å²) in [5.74, 6) is -1.34. The number of halogens is 1. The van der Waals surface area contributed by atoms with Gasteiger partial charge in [0.1, 0.15) is 6.04 Å². The third-order valence-electron chi connectivity index (χ3n) is 4.48. The minimum absolute atomic E-state index is 0.131. The minimum atomic E-state index is -0.831. The number of rotatable bonds is 7. The average molecular weight is 443 g/mol.